The smallest absolute Gasteiger partial charge is 0.178 e. The van der Waals surface area contributed by atoms with Gasteiger partial charge in [0.25, 0.3) is 0 Å². The molecule has 1 aromatic carbocycles. The molecule has 0 aliphatic carbocycles. The second kappa shape index (κ2) is 7.14. The summed E-state index contributed by atoms with van der Waals surface area (Å²) in [5.41, 5.74) is 5.27. The molecule has 134 valence electrons. The molecule has 0 radical (unpaired) electrons. The largest absolute Gasteiger partial charge is 0.373 e. The number of ether oxygens (including phenoxy) is 1. The van der Waals surface area contributed by atoms with Crippen LogP contribution < -0.4 is 0 Å². The predicted molar refractivity (Wildman–Crippen MR) is 101 cm³/mol. The first-order chi connectivity index (χ1) is 11.8. The summed E-state index contributed by atoms with van der Waals surface area (Å²) in [7, 11) is 0. The average molecular weight is 340 g/mol. The molecule has 0 bridgehead atoms. The Kier molecular flexibility index (Phi) is 5.11. The van der Waals surface area contributed by atoms with Gasteiger partial charge in [-0.3, -0.25) is 9.69 Å². The molecule has 0 spiro atoms. The number of morpholine rings is 1. The Bertz CT molecular complexity index is 751. The Balaban J connectivity index is 1.82. The summed E-state index contributed by atoms with van der Waals surface area (Å²) in [4.78, 5) is 15.1. The highest BCUT2D eigenvalue weighted by molar-refractivity contribution is 5.99. The van der Waals surface area contributed by atoms with E-state index in [2.05, 4.69) is 61.4 Å². The van der Waals surface area contributed by atoms with Gasteiger partial charge < -0.3 is 9.30 Å². The number of carbonyl (C=O) groups excluding carboxylic acids is 1. The van der Waals surface area contributed by atoms with Gasteiger partial charge in [0.2, 0.25) is 0 Å². The monoisotopic (exact) mass is 340 g/mol. The molecule has 2 unspecified atom stereocenters. The van der Waals surface area contributed by atoms with Crippen molar-refractivity contribution in [3.8, 4) is 5.69 Å². The topological polar surface area (TPSA) is 34.5 Å². The van der Waals surface area contributed by atoms with Crippen molar-refractivity contribution in [1.29, 1.82) is 0 Å². The molecule has 1 saturated heterocycles. The van der Waals surface area contributed by atoms with E-state index in [4.69, 9.17) is 4.74 Å². The van der Waals surface area contributed by atoms with E-state index >= 15 is 0 Å². The van der Waals surface area contributed by atoms with E-state index < -0.39 is 0 Å². The summed E-state index contributed by atoms with van der Waals surface area (Å²) in [6, 6.07) is 10.4. The van der Waals surface area contributed by atoms with Crippen LogP contribution in [0.4, 0.5) is 0 Å². The third kappa shape index (κ3) is 3.86. The minimum Gasteiger partial charge on any atom is -0.373 e. The number of aromatic nitrogens is 1. The first-order valence-electron chi connectivity index (χ1n) is 9.02. The van der Waals surface area contributed by atoms with Gasteiger partial charge in [-0.2, -0.15) is 0 Å². The van der Waals surface area contributed by atoms with E-state index in [0.717, 1.165) is 35.7 Å². The van der Waals surface area contributed by atoms with Gasteiger partial charge in [-0.25, -0.2) is 0 Å². The van der Waals surface area contributed by atoms with Gasteiger partial charge in [0, 0.05) is 35.7 Å². The van der Waals surface area contributed by atoms with Crippen molar-refractivity contribution >= 4 is 5.78 Å². The molecule has 0 amide bonds. The summed E-state index contributed by atoms with van der Waals surface area (Å²) in [6.07, 6.45) is 0.355. The number of hydrogen-bond acceptors (Lipinski definition) is 3. The van der Waals surface area contributed by atoms with Crippen LogP contribution in [0.1, 0.15) is 41.2 Å². The van der Waals surface area contributed by atoms with Crippen LogP contribution in [0.5, 0.6) is 0 Å². The SMILES string of the molecule is Cc1ccc(-n2c(C)cc(C(=O)CN3CC(C)OC(C)C3)c2C)cc1. The van der Waals surface area contributed by atoms with Crippen molar-refractivity contribution in [2.75, 3.05) is 19.6 Å². The van der Waals surface area contributed by atoms with E-state index in [1.165, 1.54) is 5.56 Å². The fraction of sp³-hybridized carbons (Fsp3) is 0.476. The third-order valence-electron chi connectivity index (χ3n) is 4.89. The molecule has 25 heavy (non-hydrogen) atoms. The van der Waals surface area contributed by atoms with Crippen LogP contribution in [0.25, 0.3) is 5.69 Å². The van der Waals surface area contributed by atoms with Crippen LogP contribution in [0.3, 0.4) is 0 Å². The zero-order chi connectivity index (χ0) is 18.1. The standard InChI is InChI=1S/C21H28N2O2/c1-14-6-8-19(9-7-14)23-15(2)10-20(18(23)5)21(24)13-22-11-16(3)25-17(4)12-22/h6-10,16-17H,11-13H2,1-5H3. The molecule has 2 aromatic rings. The second-order valence-corrected chi connectivity index (χ2v) is 7.33. The molecule has 1 aliphatic rings. The highest BCUT2D eigenvalue weighted by Gasteiger charge is 2.25. The number of aryl methyl sites for hydroxylation is 2. The summed E-state index contributed by atoms with van der Waals surface area (Å²) in [5.74, 6) is 0.188. The lowest BCUT2D eigenvalue weighted by Crippen LogP contribution is -2.47. The molecule has 3 rings (SSSR count). The van der Waals surface area contributed by atoms with Crippen molar-refractivity contribution in [2.45, 2.75) is 46.8 Å². The predicted octanol–water partition coefficient (Wildman–Crippen LogP) is 3.69. The highest BCUT2D eigenvalue weighted by atomic mass is 16.5. The van der Waals surface area contributed by atoms with Crippen molar-refractivity contribution in [2.24, 2.45) is 0 Å². The Labute approximate surface area is 150 Å². The van der Waals surface area contributed by atoms with Gasteiger partial charge in [-0.05, 0) is 52.8 Å². The number of nitrogens with zero attached hydrogens (tertiary/aromatic N) is 2. The van der Waals surface area contributed by atoms with Crippen LogP contribution in [-0.2, 0) is 4.74 Å². The molecule has 4 nitrogen and oxygen atoms in total. The van der Waals surface area contributed by atoms with Crippen LogP contribution >= 0.6 is 0 Å². The van der Waals surface area contributed by atoms with Crippen LogP contribution in [0, 0.1) is 20.8 Å². The molecular formula is C21H28N2O2. The normalized spacial score (nSPS) is 21.5. The Morgan fingerprint density at radius 2 is 1.68 bits per heavy atom. The fourth-order valence-electron chi connectivity index (χ4n) is 3.84. The number of hydrogen-bond donors (Lipinski definition) is 0. The maximum absolute atomic E-state index is 12.9. The van der Waals surface area contributed by atoms with Gasteiger partial charge in [-0.15, -0.1) is 0 Å². The van der Waals surface area contributed by atoms with Crippen LogP contribution in [-0.4, -0.2) is 47.1 Å². The van der Waals surface area contributed by atoms with Crippen molar-refractivity contribution in [3.63, 3.8) is 0 Å². The molecule has 4 heteroatoms. The zero-order valence-corrected chi connectivity index (χ0v) is 15.9. The minimum atomic E-state index is 0.177. The van der Waals surface area contributed by atoms with E-state index in [1.54, 1.807) is 0 Å². The maximum Gasteiger partial charge on any atom is 0.178 e. The third-order valence-corrected chi connectivity index (χ3v) is 4.89. The van der Waals surface area contributed by atoms with E-state index in [0.29, 0.717) is 6.54 Å². The van der Waals surface area contributed by atoms with E-state index in [1.807, 2.05) is 13.0 Å². The van der Waals surface area contributed by atoms with Crippen molar-refractivity contribution in [3.05, 3.63) is 52.8 Å². The van der Waals surface area contributed by atoms with Crippen molar-refractivity contribution < 1.29 is 9.53 Å². The van der Waals surface area contributed by atoms with Gasteiger partial charge in [-0.1, -0.05) is 17.7 Å². The highest BCUT2D eigenvalue weighted by Crippen LogP contribution is 2.22. The number of carbonyl (C=O) groups is 1. The molecule has 2 atom stereocenters. The Morgan fingerprint density at radius 1 is 1.08 bits per heavy atom. The maximum atomic E-state index is 12.9. The van der Waals surface area contributed by atoms with Crippen LogP contribution in [0.15, 0.2) is 30.3 Å². The van der Waals surface area contributed by atoms with Gasteiger partial charge in [0.05, 0.1) is 18.8 Å². The first-order valence-corrected chi connectivity index (χ1v) is 9.02. The number of rotatable bonds is 4. The number of ketones is 1. The number of benzene rings is 1. The van der Waals surface area contributed by atoms with Gasteiger partial charge in [0.15, 0.2) is 5.78 Å². The summed E-state index contributed by atoms with van der Waals surface area (Å²) in [5, 5.41) is 0. The lowest BCUT2D eigenvalue weighted by Gasteiger charge is -2.34. The molecule has 1 aliphatic heterocycles. The molecule has 1 aromatic heterocycles. The Morgan fingerprint density at radius 3 is 2.28 bits per heavy atom. The summed E-state index contributed by atoms with van der Waals surface area (Å²) < 4.78 is 7.92. The molecule has 1 fully saturated rings. The zero-order valence-electron chi connectivity index (χ0n) is 15.9. The quantitative estimate of drug-likeness (QED) is 0.796. The fourth-order valence-corrected chi connectivity index (χ4v) is 3.84. The van der Waals surface area contributed by atoms with Crippen molar-refractivity contribution in [1.82, 2.24) is 9.47 Å². The lowest BCUT2D eigenvalue weighted by molar-refractivity contribution is -0.0652. The van der Waals surface area contributed by atoms with Crippen LogP contribution in [0.2, 0.25) is 0 Å². The summed E-state index contributed by atoms with van der Waals surface area (Å²) >= 11 is 0. The molecule has 2 heterocycles. The van der Waals surface area contributed by atoms with Gasteiger partial charge in [0.1, 0.15) is 0 Å². The summed E-state index contributed by atoms with van der Waals surface area (Å²) in [6.45, 7) is 12.4. The first kappa shape index (κ1) is 17.9. The Hall–Kier alpha value is -1.91. The minimum absolute atomic E-state index is 0.177. The molecule has 0 saturated carbocycles. The molecular weight excluding hydrogens is 312 g/mol. The molecule has 0 N–H and O–H groups in total. The van der Waals surface area contributed by atoms with Gasteiger partial charge >= 0.3 is 0 Å². The lowest BCUT2D eigenvalue weighted by atomic mass is 10.1. The second-order valence-electron chi connectivity index (χ2n) is 7.33. The number of Topliss-reactive ketones (excluding diaryl/α,β-unsaturated/α-hetero) is 1. The van der Waals surface area contributed by atoms with E-state index in [9.17, 15) is 4.79 Å². The average Bonchev–Trinajstić information content (AvgIpc) is 2.82. The van der Waals surface area contributed by atoms with E-state index in [-0.39, 0.29) is 18.0 Å².